The van der Waals surface area contributed by atoms with E-state index in [0.717, 1.165) is 18.8 Å². The molecule has 2 heterocycles. The highest BCUT2D eigenvalue weighted by Crippen LogP contribution is 2.28. The Balaban J connectivity index is 1.88. The Bertz CT molecular complexity index is 489. The number of aromatic amines is 1. The Morgan fingerprint density at radius 1 is 1.18 bits per heavy atom. The van der Waals surface area contributed by atoms with Gasteiger partial charge < -0.3 is 5.32 Å². The number of rotatable bonds is 2. The van der Waals surface area contributed by atoms with Gasteiger partial charge in [-0.3, -0.25) is 5.10 Å². The average molecular weight is 227 g/mol. The van der Waals surface area contributed by atoms with Crippen molar-refractivity contribution in [2.45, 2.75) is 12.8 Å². The van der Waals surface area contributed by atoms with Gasteiger partial charge in [-0.15, -0.1) is 0 Å². The summed E-state index contributed by atoms with van der Waals surface area (Å²) in [5, 5.41) is 11.0. The van der Waals surface area contributed by atoms with Crippen molar-refractivity contribution in [3.63, 3.8) is 0 Å². The molecule has 1 saturated heterocycles. The van der Waals surface area contributed by atoms with Gasteiger partial charge in [0.2, 0.25) is 0 Å². The summed E-state index contributed by atoms with van der Waals surface area (Å²) < 4.78 is 0. The fraction of sp³-hybridized carbons (Fsp3) is 0.357. The van der Waals surface area contributed by atoms with Crippen LogP contribution in [-0.2, 0) is 0 Å². The molecule has 0 bridgehead atoms. The van der Waals surface area contributed by atoms with Gasteiger partial charge in [-0.25, -0.2) is 0 Å². The summed E-state index contributed by atoms with van der Waals surface area (Å²) in [6, 6.07) is 12.5. The minimum absolute atomic E-state index is 0.569. The Morgan fingerprint density at radius 2 is 2.00 bits per heavy atom. The SMILES string of the molecule is C[C@@H]1CNC[C@H]1c1cc(-c2ccccc2)n[nH]1. The van der Waals surface area contributed by atoms with Gasteiger partial charge in [0, 0.05) is 23.7 Å². The molecule has 1 aromatic heterocycles. The number of benzene rings is 1. The van der Waals surface area contributed by atoms with Crippen molar-refractivity contribution >= 4 is 0 Å². The number of H-pyrrole nitrogens is 1. The van der Waals surface area contributed by atoms with Crippen molar-refractivity contribution in [3.05, 3.63) is 42.1 Å². The maximum absolute atomic E-state index is 4.41. The van der Waals surface area contributed by atoms with E-state index in [9.17, 15) is 0 Å². The molecule has 0 aliphatic carbocycles. The summed E-state index contributed by atoms with van der Waals surface area (Å²) in [5.74, 6) is 1.25. The van der Waals surface area contributed by atoms with Crippen LogP contribution in [0.5, 0.6) is 0 Å². The van der Waals surface area contributed by atoms with Crippen molar-refractivity contribution in [2.75, 3.05) is 13.1 Å². The molecule has 2 atom stereocenters. The lowest BCUT2D eigenvalue weighted by Gasteiger charge is -2.10. The van der Waals surface area contributed by atoms with Gasteiger partial charge in [0.05, 0.1) is 5.69 Å². The van der Waals surface area contributed by atoms with Crippen LogP contribution >= 0.6 is 0 Å². The van der Waals surface area contributed by atoms with Crippen LogP contribution in [0.15, 0.2) is 36.4 Å². The number of hydrogen-bond acceptors (Lipinski definition) is 2. The molecule has 3 heteroatoms. The van der Waals surface area contributed by atoms with Crippen LogP contribution in [0.4, 0.5) is 0 Å². The molecule has 1 aromatic carbocycles. The van der Waals surface area contributed by atoms with Crippen LogP contribution in [0.25, 0.3) is 11.3 Å². The zero-order valence-electron chi connectivity index (χ0n) is 9.98. The van der Waals surface area contributed by atoms with E-state index in [1.54, 1.807) is 0 Å². The van der Waals surface area contributed by atoms with Gasteiger partial charge in [-0.2, -0.15) is 5.10 Å². The zero-order valence-corrected chi connectivity index (χ0v) is 9.98. The lowest BCUT2D eigenvalue weighted by molar-refractivity contribution is 0.559. The molecular weight excluding hydrogens is 210 g/mol. The van der Waals surface area contributed by atoms with Crippen LogP contribution in [-0.4, -0.2) is 23.3 Å². The Kier molecular flexibility index (Phi) is 2.69. The van der Waals surface area contributed by atoms with Gasteiger partial charge in [0.15, 0.2) is 0 Å². The number of nitrogens with one attached hydrogen (secondary N) is 2. The minimum atomic E-state index is 0.569. The fourth-order valence-electron chi connectivity index (χ4n) is 2.51. The van der Waals surface area contributed by atoms with E-state index in [0.29, 0.717) is 11.8 Å². The van der Waals surface area contributed by atoms with E-state index in [1.165, 1.54) is 11.3 Å². The largest absolute Gasteiger partial charge is 0.316 e. The first-order valence-corrected chi connectivity index (χ1v) is 6.16. The lowest BCUT2D eigenvalue weighted by atomic mass is 9.94. The van der Waals surface area contributed by atoms with Gasteiger partial charge in [-0.05, 0) is 18.5 Å². The summed E-state index contributed by atoms with van der Waals surface area (Å²) in [5.41, 5.74) is 3.47. The lowest BCUT2D eigenvalue weighted by Crippen LogP contribution is -2.08. The highest BCUT2D eigenvalue weighted by molar-refractivity contribution is 5.59. The molecule has 2 aromatic rings. The molecule has 3 rings (SSSR count). The predicted molar refractivity (Wildman–Crippen MR) is 68.8 cm³/mol. The van der Waals surface area contributed by atoms with E-state index in [1.807, 2.05) is 18.2 Å². The summed E-state index contributed by atoms with van der Waals surface area (Å²) in [6.45, 7) is 4.44. The summed E-state index contributed by atoms with van der Waals surface area (Å²) in [6.07, 6.45) is 0. The van der Waals surface area contributed by atoms with Crippen LogP contribution in [0.3, 0.4) is 0 Å². The van der Waals surface area contributed by atoms with Crippen molar-refractivity contribution in [1.29, 1.82) is 0 Å². The molecule has 2 N–H and O–H groups in total. The highest BCUT2D eigenvalue weighted by Gasteiger charge is 2.26. The van der Waals surface area contributed by atoms with E-state index in [2.05, 4.69) is 40.6 Å². The quantitative estimate of drug-likeness (QED) is 0.827. The standard InChI is InChI=1S/C14H17N3/c1-10-8-15-9-12(10)14-7-13(16-17-14)11-5-3-2-4-6-11/h2-7,10,12,15H,8-9H2,1H3,(H,16,17)/t10-,12-/m1/s1. The van der Waals surface area contributed by atoms with Crippen molar-refractivity contribution in [1.82, 2.24) is 15.5 Å². The third-order valence-electron chi connectivity index (χ3n) is 3.58. The van der Waals surface area contributed by atoms with Crippen molar-refractivity contribution in [2.24, 2.45) is 5.92 Å². The normalized spacial score (nSPS) is 24.1. The molecular formula is C14H17N3. The van der Waals surface area contributed by atoms with E-state index in [4.69, 9.17) is 0 Å². The van der Waals surface area contributed by atoms with Gasteiger partial charge in [0.1, 0.15) is 0 Å². The third kappa shape index (κ3) is 1.98. The molecule has 0 radical (unpaired) electrons. The molecule has 0 saturated carbocycles. The zero-order chi connectivity index (χ0) is 11.7. The molecule has 0 amide bonds. The van der Waals surface area contributed by atoms with Crippen molar-refractivity contribution < 1.29 is 0 Å². The summed E-state index contributed by atoms with van der Waals surface area (Å²) in [4.78, 5) is 0. The van der Waals surface area contributed by atoms with Crippen LogP contribution in [0.1, 0.15) is 18.5 Å². The number of nitrogens with zero attached hydrogens (tertiary/aromatic N) is 1. The Labute approximate surface area is 101 Å². The predicted octanol–water partition coefficient (Wildman–Crippen LogP) is 2.40. The third-order valence-corrected chi connectivity index (χ3v) is 3.58. The van der Waals surface area contributed by atoms with Gasteiger partial charge in [0.25, 0.3) is 0 Å². The molecule has 1 aliphatic rings. The summed E-state index contributed by atoms with van der Waals surface area (Å²) in [7, 11) is 0. The van der Waals surface area contributed by atoms with E-state index < -0.39 is 0 Å². The maximum atomic E-state index is 4.41. The second kappa shape index (κ2) is 4.34. The van der Waals surface area contributed by atoms with Crippen LogP contribution in [0.2, 0.25) is 0 Å². The Morgan fingerprint density at radius 3 is 2.71 bits per heavy atom. The topological polar surface area (TPSA) is 40.7 Å². The average Bonchev–Trinajstić information content (AvgIpc) is 2.98. The number of aromatic nitrogens is 2. The molecule has 1 aliphatic heterocycles. The molecule has 88 valence electrons. The molecule has 1 fully saturated rings. The molecule has 0 unspecified atom stereocenters. The fourth-order valence-corrected chi connectivity index (χ4v) is 2.51. The molecule has 3 nitrogen and oxygen atoms in total. The molecule has 0 spiro atoms. The van der Waals surface area contributed by atoms with Crippen molar-refractivity contribution in [3.8, 4) is 11.3 Å². The second-order valence-corrected chi connectivity index (χ2v) is 4.82. The first kappa shape index (κ1) is 10.5. The highest BCUT2D eigenvalue weighted by atomic mass is 15.1. The minimum Gasteiger partial charge on any atom is -0.316 e. The monoisotopic (exact) mass is 227 g/mol. The van der Waals surface area contributed by atoms with E-state index in [-0.39, 0.29) is 0 Å². The smallest absolute Gasteiger partial charge is 0.0923 e. The second-order valence-electron chi connectivity index (χ2n) is 4.82. The maximum Gasteiger partial charge on any atom is 0.0923 e. The summed E-state index contributed by atoms with van der Waals surface area (Å²) >= 11 is 0. The van der Waals surface area contributed by atoms with Crippen LogP contribution < -0.4 is 5.32 Å². The van der Waals surface area contributed by atoms with E-state index >= 15 is 0 Å². The Hall–Kier alpha value is -1.61. The molecule has 17 heavy (non-hydrogen) atoms. The van der Waals surface area contributed by atoms with Gasteiger partial charge in [-0.1, -0.05) is 37.3 Å². The number of hydrogen-bond donors (Lipinski definition) is 2. The van der Waals surface area contributed by atoms with Crippen LogP contribution in [0, 0.1) is 5.92 Å². The van der Waals surface area contributed by atoms with Gasteiger partial charge >= 0.3 is 0 Å². The first-order chi connectivity index (χ1) is 8.34. The first-order valence-electron chi connectivity index (χ1n) is 6.16.